The number of hydrogen-bond donors (Lipinski definition) is 3. The molecule has 170 valence electrons. The molecule has 1 aliphatic heterocycles. The van der Waals surface area contributed by atoms with Gasteiger partial charge in [0.05, 0.1) is 5.69 Å². The van der Waals surface area contributed by atoms with E-state index in [0.717, 1.165) is 5.56 Å². The van der Waals surface area contributed by atoms with Crippen LogP contribution in [0, 0.1) is 12.7 Å². The van der Waals surface area contributed by atoms with E-state index in [1.807, 2.05) is 37.9 Å². The van der Waals surface area contributed by atoms with Crippen molar-refractivity contribution in [2.75, 3.05) is 27.9 Å². The number of halogens is 1. The zero-order valence-corrected chi connectivity index (χ0v) is 18.6. The minimum Gasteiger partial charge on any atom is -0.350 e. The van der Waals surface area contributed by atoms with E-state index in [1.54, 1.807) is 12.1 Å². The number of likely N-dealkylation sites (N-methyl/N-ethyl adjacent to an activating group) is 1. The van der Waals surface area contributed by atoms with Crippen molar-refractivity contribution in [1.82, 2.24) is 9.97 Å². The number of nitrogens with zero attached hydrogens (tertiary/aromatic N) is 3. The molecule has 2 heterocycles. The molecule has 8 nitrogen and oxygen atoms in total. The second kappa shape index (κ2) is 9.23. The van der Waals surface area contributed by atoms with E-state index in [0.29, 0.717) is 47.4 Å². The predicted octanol–water partition coefficient (Wildman–Crippen LogP) is 3.96. The summed E-state index contributed by atoms with van der Waals surface area (Å²) in [4.78, 5) is 35.5. The van der Waals surface area contributed by atoms with E-state index in [-0.39, 0.29) is 23.7 Å². The maximum atomic E-state index is 13.0. The molecular formula is C24H25FN6O2. The number of aryl methyl sites for hydroxylation is 1. The zero-order chi connectivity index (χ0) is 23.5. The minimum absolute atomic E-state index is 0.0495. The summed E-state index contributed by atoms with van der Waals surface area (Å²) in [6.07, 6.45) is 0.678. The smallest absolute Gasteiger partial charge is 0.255 e. The first-order chi connectivity index (χ1) is 15.9. The van der Waals surface area contributed by atoms with Crippen LogP contribution >= 0.6 is 0 Å². The fourth-order valence-electron chi connectivity index (χ4n) is 3.72. The van der Waals surface area contributed by atoms with Gasteiger partial charge >= 0.3 is 0 Å². The van der Waals surface area contributed by atoms with Gasteiger partial charge in [0.25, 0.3) is 5.91 Å². The summed E-state index contributed by atoms with van der Waals surface area (Å²) in [5, 5.41) is 8.93. The third-order valence-electron chi connectivity index (χ3n) is 5.58. The molecule has 2 aromatic carbocycles. The number of carbonyl (C=O) groups excluding carboxylic acids is 2. The predicted molar refractivity (Wildman–Crippen MR) is 126 cm³/mol. The summed E-state index contributed by atoms with van der Waals surface area (Å²) >= 11 is 0. The summed E-state index contributed by atoms with van der Waals surface area (Å²) < 4.78 is 13.0. The molecule has 1 aliphatic rings. The molecule has 1 atom stereocenters. The van der Waals surface area contributed by atoms with Crippen LogP contribution < -0.4 is 20.9 Å². The van der Waals surface area contributed by atoms with Gasteiger partial charge in [0, 0.05) is 24.8 Å². The number of carbonyl (C=O) groups is 2. The highest BCUT2D eigenvalue weighted by atomic mass is 19.1. The number of anilines is 4. The maximum Gasteiger partial charge on any atom is 0.255 e. The van der Waals surface area contributed by atoms with E-state index in [9.17, 15) is 14.0 Å². The standard InChI is InChI=1S/C24H25FN6O2/c1-4-19-23(33)29-20-14(2)27-24(30-21(20)31(19)3)26-13-15-5-11-18(12-6-15)28-22(32)16-7-9-17(25)10-8-16/h5-12,19H,4,13H2,1-3H3,(H,28,32)(H,29,33)(H,26,27,30). The van der Waals surface area contributed by atoms with Crippen LogP contribution in [0.25, 0.3) is 0 Å². The maximum absolute atomic E-state index is 13.0. The third kappa shape index (κ3) is 4.77. The van der Waals surface area contributed by atoms with E-state index < -0.39 is 0 Å². The molecule has 0 spiro atoms. The average Bonchev–Trinajstić information content (AvgIpc) is 2.80. The van der Waals surface area contributed by atoms with E-state index in [4.69, 9.17) is 0 Å². The van der Waals surface area contributed by atoms with Crippen molar-refractivity contribution in [3.05, 3.63) is 71.2 Å². The largest absolute Gasteiger partial charge is 0.350 e. The second-order valence-corrected chi connectivity index (χ2v) is 7.87. The van der Waals surface area contributed by atoms with Gasteiger partial charge in [-0.3, -0.25) is 9.59 Å². The molecule has 0 radical (unpaired) electrons. The summed E-state index contributed by atoms with van der Waals surface area (Å²) in [7, 11) is 1.86. The molecular weight excluding hydrogens is 423 g/mol. The lowest BCUT2D eigenvalue weighted by Crippen LogP contribution is -2.46. The molecule has 4 rings (SSSR count). The molecule has 1 aromatic heterocycles. The van der Waals surface area contributed by atoms with Crippen molar-refractivity contribution >= 4 is 35.0 Å². The fraction of sp³-hybridized carbons (Fsp3) is 0.250. The van der Waals surface area contributed by atoms with Gasteiger partial charge in [-0.25, -0.2) is 9.37 Å². The quantitative estimate of drug-likeness (QED) is 0.528. The van der Waals surface area contributed by atoms with Gasteiger partial charge in [0.1, 0.15) is 17.5 Å². The molecule has 1 unspecified atom stereocenters. The van der Waals surface area contributed by atoms with E-state index in [2.05, 4.69) is 25.9 Å². The lowest BCUT2D eigenvalue weighted by atomic mass is 10.1. The summed E-state index contributed by atoms with van der Waals surface area (Å²) in [5.74, 6) is 0.420. The van der Waals surface area contributed by atoms with Crippen LogP contribution in [0.5, 0.6) is 0 Å². The van der Waals surface area contributed by atoms with Crippen molar-refractivity contribution in [3.8, 4) is 0 Å². The van der Waals surface area contributed by atoms with Crippen LogP contribution in [0.1, 0.15) is 35.0 Å². The number of benzene rings is 2. The topological polar surface area (TPSA) is 99.2 Å². The Labute approximate surface area is 191 Å². The summed E-state index contributed by atoms with van der Waals surface area (Å²) in [5.41, 5.74) is 3.32. The Balaban J connectivity index is 1.41. The Hall–Kier alpha value is -4.01. The molecule has 0 bridgehead atoms. The Bertz CT molecular complexity index is 1180. The first-order valence-corrected chi connectivity index (χ1v) is 10.7. The monoisotopic (exact) mass is 448 g/mol. The first kappa shape index (κ1) is 22.2. The lowest BCUT2D eigenvalue weighted by Gasteiger charge is -2.34. The Morgan fingerprint density at radius 2 is 1.82 bits per heavy atom. The molecule has 0 saturated heterocycles. The number of fused-ring (bicyclic) bond motifs is 1. The highest BCUT2D eigenvalue weighted by molar-refractivity contribution is 6.04. The molecule has 2 amide bonds. The van der Waals surface area contributed by atoms with Crippen molar-refractivity contribution in [2.24, 2.45) is 0 Å². The van der Waals surface area contributed by atoms with E-state index >= 15 is 0 Å². The van der Waals surface area contributed by atoms with Crippen LogP contribution in [0.4, 0.5) is 27.5 Å². The van der Waals surface area contributed by atoms with Gasteiger partial charge in [-0.2, -0.15) is 4.98 Å². The fourth-order valence-corrected chi connectivity index (χ4v) is 3.72. The lowest BCUT2D eigenvalue weighted by molar-refractivity contribution is -0.117. The number of aromatic nitrogens is 2. The molecule has 0 saturated carbocycles. The molecule has 9 heteroatoms. The minimum atomic E-state index is -0.386. The van der Waals surface area contributed by atoms with Crippen molar-refractivity contribution in [1.29, 1.82) is 0 Å². The van der Waals surface area contributed by atoms with Crippen molar-refractivity contribution < 1.29 is 14.0 Å². The number of rotatable bonds is 6. The highest BCUT2D eigenvalue weighted by Gasteiger charge is 2.32. The number of amides is 2. The summed E-state index contributed by atoms with van der Waals surface area (Å²) in [6, 6.07) is 12.5. The average molecular weight is 449 g/mol. The SMILES string of the molecule is CCC1C(=O)Nc2c(C)nc(NCc3ccc(NC(=O)c4ccc(F)cc4)cc3)nc2N1C. The Morgan fingerprint density at radius 1 is 1.12 bits per heavy atom. The molecule has 3 aromatic rings. The second-order valence-electron chi connectivity index (χ2n) is 7.87. The van der Waals surface area contributed by atoms with Gasteiger partial charge in [-0.05, 0) is 55.3 Å². The van der Waals surface area contributed by atoms with Gasteiger partial charge in [-0.15, -0.1) is 0 Å². The Kier molecular flexibility index (Phi) is 6.21. The van der Waals surface area contributed by atoms with Crippen LogP contribution in [0.2, 0.25) is 0 Å². The van der Waals surface area contributed by atoms with Crippen LogP contribution in [-0.2, 0) is 11.3 Å². The molecule has 33 heavy (non-hydrogen) atoms. The van der Waals surface area contributed by atoms with Gasteiger partial charge < -0.3 is 20.9 Å². The summed E-state index contributed by atoms with van der Waals surface area (Å²) in [6.45, 7) is 4.28. The molecule has 0 fully saturated rings. The van der Waals surface area contributed by atoms with Gasteiger partial charge in [-0.1, -0.05) is 19.1 Å². The zero-order valence-electron chi connectivity index (χ0n) is 18.6. The van der Waals surface area contributed by atoms with Gasteiger partial charge in [0.2, 0.25) is 11.9 Å². The third-order valence-corrected chi connectivity index (χ3v) is 5.58. The van der Waals surface area contributed by atoms with Crippen LogP contribution in [0.3, 0.4) is 0 Å². The van der Waals surface area contributed by atoms with Crippen LogP contribution in [-0.4, -0.2) is 34.9 Å². The number of hydrogen-bond acceptors (Lipinski definition) is 6. The first-order valence-electron chi connectivity index (χ1n) is 10.7. The van der Waals surface area contributed by atoms with Crippen molar-refractivity contribution in [3.63, 3.8) is 0 Å². The van der Waals surface area contributed by atoms with Crippen LogP contribution in [0.15, 0.2) is 48.5 Å². The normalized spacial score (nSPS) is 15.0. The van der Waals surface area contributed by atoms with Gasteiger partial charge in [0.15, 0.2) is 5.82 Å². The Morgan fingerprint density at radius 3 is 2.48 bits per heavy atom. The van der Waals surface area contributed by atoms with E-state index in [1.165, 1.54) is 24.3 Å². The highest BCUT2D eigenvalue weighted by Crippen LogP contribution is 2.33. The molecule has 0 aliphatic carbocycles. The van der Waals surface area contributed by atoms with Crippen molar-refractivity contribution in [2.45, 2.75) is 32.9 Å². The molecule has 3 N–H and O–H groups in total. The number of nitrogens with one attached hydrogen (secondary N) is 3.